The molecule has 54 heavy (non-hydrogen) atoms. The number of carbonyl (C=O) groups excluding carboxylic acids is 4. The number of fused-ring (bicyclic) bond motifs is 6. The zero-order valence-electron chi connectivity index (χ0n) is 30.5. The van der Waals surface area contributed by atoms with Gasteiger partial charge in [-0.05, 0) is 102 Å². The Morgan fingerprint density at radius 3 is 2.46 bits per heavy atom. The second-order valence-electron chi connectivity index (χ2n) is 14.5. The third kappa shape index (κ3) is 6.70. The lowest BCUT2D eigenvalue weighted by molar-refractivity contribution is -0.135. The number of nitrogens with zero attached hydrogens (tertiary/aromatic N) is 4. The first-order valence-electron chi connectivity index (χ1n) is 18.7. The van der Waals surface area contributed by atoms with Crippen LogP contribution in [-0.4, -0.2) is 86.8 Å². The molecule has 3 heterocycles. The SMILES string of the molecule is CCCN(Cc1ncc(-c2ccc3c(c2)CCc2cc(-c4ccc5nc([C@@H]6[C@H]7CC[C@H](C7)N6C(=O)CNC(=O)OC)[nH]c5c4)ccc2-3)[nH]1)C(=O)CNC=O. The van der Waals surface area contributed by atoms with Gasteiger partial charge >= 0.3 is 6.09 Å². The van der Waals surface area contributed by atoms with E-state index in [-0.39, 0.29) is 37.0 Å². The minimum Gasteiger partial charge on any atom is -0.453 e. The minimum atomic E-state index is -0.616. The summed E-state index contributed by atoms with van der Waals surface area (Å²) in [5.74, 6) is 1.57. The molecule has 2 aromatic heterocycles. The summed E-state index contributed by atoms with van der Waals surface area (Å²) in [7, 11) is 1.29. The summed E-state index contributed by atoms with van der Waals surface area (Å²) in [6.45, 7) is 2.81. The van der Waals surface area contributed by atoms with E-state index in [1.165, 1.54) is 29.4 Å². The highest BCUT2D eigenvalue weighted by Gasteiger charge is 2.49. The molecule has 3 aliphatic rings. The Labute approximate surface area is 312 Å². The van der Waals surface area contributed by atoms with Crippen LogP contribution in [0.3, 0.4) is 0 Å². The van der Waals surface area contributed by atoms with Crippen molar-refractivity contribution >= 4 is 35.4 Å². The predicted molar refractivity (Wildman–Crippen MR) is 203 cm³/mol. The summed E-state index contributed by atoms with van der Waals surface area (Å²) in [5, 5.41) is 4.99. The van der Waals surface area contributed by atoms with Crippen molar-refractivity contribution in [1.82, 2.24) is 40.4 Å². The fraction of sp³-hybridized carbons (Fsp3) is 0.366. The molecule has 5 aromatic rings. The number of aryl methyl sites for hydroxylation is 2. The molecule has 3 atom stereocenters. The molecule has 1 aliphatic heterocycles. The number of carbonyl (C=O) groups is 4. The molecule has 0 radical (unpaired) electrons. The van der Waals surface area contributed by atoms with Crippen LogP contribution in [0.2, 0.25) is 0 Å². The molecular weight excluding hydrogens is 685 g/mol. The van der Waals surface area contributed by atoms with Crippen molar-refractivity contribution in [3.63, 3.8) is 0 Å². The molecule has 2 aliphatic carbocycles. The quantitative estimate of drug-likeness (QED) is 0.127. The van der Waals surface area contributed by atoms with Crippen molar-refractivity contribution in [3.8, 4) is 33.5 Å². The molecule has 2 bridgehead atoms. The molecule has 1 saturated heterocycles. The fourth-order valence-corrected chi connectivity index (χ4v) is 8.68. The summed E-state index contributed by atoms with van der Waals surface area (Å²) in [6, 6.07) is 19.6. The van der Waals surface area contributed by atoms with Gasteiger partial charge in [0, 0.05) is 12.6 Å². The third-order valence-electron chi connectivity index (χ3n) is 11.2. The monoisotopic (exact) mass is 728 g/mol. The summed E-state index contributed by atoms with van der Waals surface area (Å²) in [5.41, 5.74) is 11.0. The van der Waals surface area contributed by atoms with Gasteiger partial charge in [0.25, 0.3) is 0 Å². The molecule has 13 heteroatoms. The van der Waals surface area contributed by atoms with Crippen LogP contribution in [0.25, 0.3) is 44.5 Å². The van der Waals surface area contributed by atoms with E-state index in [4.69, 9.17) is 4.98 Å². The number of aromatic amines is 2. The van der Waals surface area contributed by atoms with Crippen molar-refractivity contribution in [2.75, 3.05) is 26.7 Å². The highest BCUT2D eigenvalue weighted by molar-refractivity contribution is 5.86. The summed E-state index contributed by atoms with van der Waals surface area (Å²) >= 11 is 0. The molecule has 4 amide bonds. The molecule has 13 nitrogen and oxygen atoms in total. The number of imidazole rings is 2. The van der Waals surface area contributed by atoms with Gasteiger partial charge < -0.3 is 35.1 Å². The maximum absolute atomic E-state index is 13.3. The molecule has 0 spiro atoms. The zero-order valence-corrected chi connectivity index (χ0v) is 30.5. The Kier molecular flexibility index (Phi) is 9.61. The molecule has 8 rings (SSSR count). The number of amides is 4. The van der Waals surface area contributed by atoms with Crippen LogP contribution in [0.1, 0.15) is 61.4 Å². The minimum absolute atomic E-state index is 0.0314. The lowest BCUT2D eigenvalue weighted by Crippen LogP contribution is -2.45. The first-order valence-corrected chi connectivity index (χ1v) is 18.7. The molecular formula is C41H44N8O5. The lowest BCUT2D eigenvalue weighted by Gasteiger charge is -2.34. The number of benzene rings is 3. The number of ether oxygens (including phenoxy) is 1. The summed E-state index contributed by atoms with van der Waals surface area (Å²) in [4.78, 5) is 68.2. The summed E-state index contributed by atoms with van der Waals surface area (Å²) in [6.07, 6.45) is 7.35. The number of aromatic nitrogens is 4. The van der Waals surface area contributed by atoms with E-state index in [0.29, 0.717) is 31.2 Å². The maximum atomic E-state index is 13.3. The van der Waals surface area contributed by atoms with E-state index < -0.39 is 6.09 Å². The van der Waals surface area contributed by atoms with E-state index in [1.54, 1.807) is 4.90 Å². The van der Waals surface area contributed by atoms with Crippen LogP contribution in [-0.2, 0) is 38.5 Å². The van der Waals surface area contributed by atoms with E-state index in [9.17, 15) is 19.2 Å². The second kappa shape index (κ2) is 14.8. The van der Waals surface area contributed by atoms with E-state index in [1.807, 2.05) is 24.1 Å². The smallest absolute Gasteiger partial charge is 0.407 e. The number of nitrogens with one attached hydrogen (secondary N) is 4. The standard InChI is InChI=1S/C41H44N8O5/c1-3-14-48(37(51)20-42-23-50)22-36-43-19-35(45-36)28-8-12-32-27(16-28)5-4-26-15-24(7-11-31(26)32)25-9-13-33-34(18-25)47-40(46-33)39-29-6-10-30(17-29)49(39)38(52)21-44-41(53)54-2/h7-9,11-13,15-16,18-19,23,29-30,39H,3-6,10,14,17,20-22H2,1-2H3,(H,42,50)(H,43,45)(H,44,53)(H,46,47)/t29-,30+,39-/m0/s1. The van der Waals surface area contributed by atoms with Gasteiger partial charge in [0.2, 0.25) is 18.2 Å². The molecule has 4 N–H and O–H groups in total. The Balaban J connectivity index is 0.987. The van der Waals surface area contributed by atoms with E-state index in [0.717, 1.165) is 77.8 Å². The Morgan fingerprint density at radius 2 is 1.70 bits per heavy atom. The number of hydrogen-bond donors (Lipinski definition) is 4. The van der Waals surface area contributed by atoms with E-state index in [2.05, 4.69) is 78.9 Å². The van der Waals surface area contributed by atoms with Gasteiger partial charge in [-0.1, -0.05) is 43.3 Å². The average molecular weight is 729 g/mol. The number of H-pyrrole nitrogens is 2. The van der Waals surface area contributed by atoms with Crippen LogP contribution in [0.5, 0.6) is 0 Å². The molecule has 3 aromatic carbocycles. The molecule has 2 fully saturated rings. The van der Waals surface area contributed by atoms with Gasteiger partial charge in [-0.3, -0.25) is 14.4 Å². The van der Waals surface area contributed by atoms with Crippen molar-refractivity contribution in [2.45, 2.75) is 64.1 Å². The first kappa shape index (κ1) is 35.1. The maximum Gasteiger partial charge on any atom is 0.407 e. The third-order valence-corrected chi connectivity index (χ3v) is 11.2. The lowest BCUT2D eigenvalue weighted by atomic mass is 9.83. The van der Waals surface area contributed by atoms with Crippen LogP contribution in [0, 0.1) is 5.92 Å². The normalized spacial score (nSPS) is 18.3. The Hall–Kier alpha value is -5.98. The number of rotatable bonds is 12. The highest BCUT2D eigenvalue weighted by atomic mass is 16.5. The average Bonchev–Trinajstić information content (AvgIpc) is 4.02. The van der Waals surface area contributed by atoms with Crippen LogP contribution in [0.4, 0.5) is 4.79 Å². The van der Waals surface area contributed by atoms with Gasteiger partial charge in [0.1, 0.15) is 18.2 Å². The van der Waals surface area contributed by atoms with Crippen molar-refractivity contribution in [1.29, 1.82) is 0 Å². The summed E-state index contributed by atoms with van der Waals surface area (Å²) < 4.78 is 4.66. The van der Waals surface area contributed by atoms with Gasteiger partial charge in [0.15, 0.2) is 0 Å². The zero-order chi connectivity index (χ0) is 37.3. The second-order valence-corrected chi connectivity index (χ2v) is 14.5. The van der Waals surface area contributed by atoms with Crippen molar-refractivity contribution in [3.05, 3.63) is 83.6 Å². The largest absolute Gasteiger partial charge is 0.453 e. The number of alkyl carbamates (subject to hydrolysis) is 1. The molecule has 0 unspecified atom stereocenters. The van der Waals surface area contributed by atoms with Gasteiger partial charge in [-0.25, -0.2) is 14.8 Å². The number of methoxy groups -OCH3 is 1. The number of hydrogen-bond acceptors (Lipinski definition) is 7. The molecule has 278 valence electrons. The van der Waals surface area contributed by atoms with Gasteiger partial charge in [-0.2, -0.15) is 0 Å². The Bertz CT molecular complexity index is 2240. The Morgan fingerprint density at radius 1 is 0.963 bits per heavy atom. The van der Waals surface area contributed by atoms with E-state index >= 15 is 0 Å². The van der Waals surface area contributed by atoms with Crippen LogP contribution in [0.15, 0.2) is 60.8 Å². The van der Waals surface area contributed by atoms with Crippen molar-refractivity contribution in [2.24, 2.45) is 5.92 Å². The number of piperidine rings is 1. The topological polar surface area (TPSA) is 165 Å². The highest BCUT2D eigenvalue weighted by Crippen LogP contribution is 2.50. The molecule has 1 saturated carbocycles. The van der Waals surface area contributed by atoms with Gasteiger partial charge in [0.05, 0.1) is 49.2 Å². The first-order chi connectivity index (χ1) is 26.3. The van der Waals surface area contributed by atoms with Gasteiger partial charge in [-0.15, -0.1) is 0 Å². The van der Waals surface area contributed by atoms with Crippen LogP contribution >= 0.6 is 0 Å². The van der Waals surface area contributed by atoms with Crippen molar-refractivity contribution < 1.29 is 23.9 Å². The van der Waals surface area contributed by atoms with Crippen LogP contribution < -0.4 is 10.6 Å². The number of likely N-dealkylation sites (tertiary alicyclic amines) is 1. The predicted octanol–water partition coefficient (Wildman–Crippen LogP) is 5.28. The fourth-order valence-electron chi connectivity index (χ4n) is 8.68.